The lowest BCUT2D eigenvalue weighted by Gasteiger charge is -2.11. The van der Waals surface area contributed by atoms with Gasteiger partial charge in [-0.15, -0.1) is 0 Å². The Labute approximate surface area is 194 Å². The highest BCUT2D eigenvalue weighted by molar-refractivity contribution is 5.91. The minimum atomic E-state index is -0.408. The Kier molecular flexibility index (Phi) is 5.25. The molecule has 5 rings (SSSR count). The third-order valence-electron chi connectivity index (χ3n) is 5.74. The predicted octanol–water partition coefficient (Wildman–Crippen LogP) is 4.66. The zero-order valence-corrected chi connectivity index (χ0v) is 18.5. The van der Waals surface area contributed by atoms with Crippen LogP contribution in [0.3, 0.4) is 0 Å². The van der Waals surface area contributed by atoms with E-state index in [1.54, 1.807) is 41.5 Å². The first-order valence-corrected chi connectivity index (χ1v) is 10.6. The number of nitrogens with zero attached hydrogens (tertiary/aromatic N) is 5. The van der Waals surface area contributed by atoms with Gasteiger partial charge in [0.2, 0.25) is 0 Å². The van der Waals surface area contributed by atoms with Crippen molar-refractivity contribution in [3.05, 3.63) is 101 Å². The van der Waals surface area contributed by atoms with Crippen LogP contribution in [0.1, 0.15) is 16.7 Å². The van der Waals surface area contributed by atoms with Gasteiger partial charge in [0.15, 0.2) is 5.65 Å². The Morgan fingerprint density at radius 1 is 1.15 bits per heavy atom. The van der Waals surface area contributed by atoms with E-state index in [0.29, 0.717) is 39.2 Å². The highest BCUT2D eigenvalue weighted by Crippen LogP contribution is 2.29. The fourth-order valence-electron chi connectivity index (χ4n) is 3.97. The maximum absolute atomic E-state index is 15.1. The van der Waals surface area contributed by atoms with Crippen molar-refractivity contribution in [1.82, 2.24) is 29.3 Å². The molecule has 0 unspecified atom stereocenters. The van der Waals surface area contributed by atoms with Gasteiger partial charge in [0.05, 0.1) is 23.8 Å². The summed E-state index contributed by atoms with van der Waals surface area (Å²) in [7, 11) is 1.83. The molecule has 0 fully saturated rings. The van der Waals surface area contributed by atoms with Crippen molar-refractivity contribution < 1.29 is 4.39 Å². The number of hydrogen-bond acceptors (Lipinski definition) is 4. The van der Waals surface area contributed by atoms with Crippen LogP contribution in [0.25, 0.3) is 45.8 Å². The molecule has 34 heavy (non-hydrogen) atoms. The largest absolute Gasteiger partial charge is 0.336 e. The number of imidazole rings is 1. The first-order valence-electron chi connectivity index (χ1n) is 10.6. The molecule has 0 aliphatic carbocycles. The molecule has 0 atom stereocenters. The van der Waals surface area contributed by atoms with Crippen LogP contribution in [0.15, 0.2) is 73.1 Å². The average molecular weight is 452 g/mol. The van der Waals surface area contributed by atoms with Crippen LogP contribution >= 0.6 is 0 Å². The summed E-state index contributed by atoms with van der Waals surface area (Å²) in [5.41, 5.74) is 4.82. The molecule has 1 aromatic carbocycles. The van der Waals surface area contributed by atoms with Crippen LogP contribution in [-0.2, 0) is 13.6 Å². The Hall–Kier alpha value is -4.59. The number of H-pyrrole nitrogens is 1. The Morgan fingerprint density at radius 2 is 2.00 bits per heavy atom. The van der Waals surface area contributed by atoms with Gasteiger partial charge in [-0.1, -0.05) is 37.4 Å². The molecule has 8 heteroatoms. The number of rotatable bonds is 6. The van der Waals surface area contributed by atoms with E-state index in [1.807, 2.05) is 25.4 Å². The standard InChI is InChI=1S/C26H21FN6O/c1-4-16-9-11-33(26(34)20(16)5-2)15-18-7-6-17(12-22(18)27)21-8-10-28-25-23(21)30-24(31-25)19-13-29-32(3)14-19/h4-14H,1-2,15H2,3H3,(H,28,30,31). The summed E-state index contributed by atoms with van der Waals surface area (Å²) in [6.45, 7) is 7.52. The van der Waals surface area contributed by atoms with Crippen molar-refractivity contribution in [2.45, 2.75) is 6.54 Å². The lowest BCUT2D eigenvalue weighted by molar-refractivity contribution is 0.596. The SMILES string of the molecule is C=Cc1ccn(Cc2ccc(-c3ccnc4nc(-c5cnn(C)c5)[nH]c34)cc2F)c(=O)c1C=C. The Morgan fingerprint density at radius 3 is 2.71 bits per heavy atom. The van der Waals surface area contributed by atoms with Crippen molar-refractivity contribution in [3.63, 3.8) is 0 Å². The van der Waals surface area contributed by atoms with E-state index in [1.165, 1.54) is 16.7 Å². The van der Waals surface area contributed by atoms with Crippen LogP contribution in [0, 0.1) is 5.82 Å². The molecule has 168 valence electrons. The van der Waals surface area contributed by atoms with E-state index in [0.717, 1.165) is 11.1 Å². The fourth-order valence-corrected chi connectivity index (χ4v) is 3.97. The topological polar surface area (TPSA) is 81.4 Å². The molecule has 0 amide bonds. The predicted molar refractivity (Wildman–Crippen MR) is 131 cm³/mol. The molecule has 5 aromatic rings. The zero-order chi connectivity index (χ0) is 23.8. The van der Waals surface area contributed by atoms with Gasteiger partial charge in [0, 0.05) is 42.3 Å². The highest BCUT2D eigenvalue weighted by atomic mass is 19.1. The fraction of sp³-hybridized carbons (Fsp3) is 0.0769. The van der Waals surface area contributed by atoms with Crippen molar-refractivity contribution in [1.29, 1.82) is 0 Å². The average Bonchev–Trinajstić information content (AvgIpc) is 3.47. The van der Waals surface area contributed by atoms with Gasteiger partial charge in [0.1, 0.15) is 11.6 Å². The zero-order valence-electron chi connectivity index (χ0n) is 18.5. The Balaban J connectivity index is 1.51. The number of aryl methyl sites for hydroxylation is 1. The molecule has 0 bridgehead atoms. The number of nitrogens with one attached hydrogen (secondary N) is 1. The van der Waals surface area contributed by atoms with Crippen molar-refractivity contribution >= 4 is 23.3 Å². The van der Waals surface area contributed by atoms with Gasteiger partial charge >= 0.3 is 0 Å². The number of hydrogen-bond donors (Lipinski definition) is 1. The van der Waals surface area contributed by atoms with E-state index in [4.69, 9.17) is 0 Å². The summed E-state index contributed by atoms with van der Waals surface area (Å²) in [5, 5.41) is 4.18. The quantitative estimate of drug-likeness (QED) is 0.406. The molecule has 7 nitrogen and oxygen atoms in total. The molecule has 0 aliphatic rings. The third kappa shape index (κ3) is 3.65. The summed E-state index contributed by atoms with van der Waals surface area (Å²) in [6.07, 6.45) is 9.95. The molecule has 0 saturated heterocycles. The number of aromatic nitrogens is 6. The van der Waals surface area contributed by atoms with E-state index >= 15 is 4.39 Å². The molecule has 4 heterocycles. The molecule has 0 saturated carbocycles. The second kappa shape index (κ2) is 8.40. The van der Waals surface area contributed by atoms with E-state index in [9.17, 15) is 4.79 Å². The smallest absolute Gasteiger partial charge is 0.258 e. The van der Waals surface area contributed by atoms with Gasteiger partial charge in [0.25, 0.3) is 5.56 Å². The highest BCUT2D eigenvalue weighted by Gasteiger charge is 2.14. The van der Waals surface area contributed by atoms with Gasteiger partial charge in [-0.05, 0) is 29.3 Å². The molecule has 0 radical (unpaired) electrons. The summed E-state index contributed by atoms with van der Waals surface area (Å²) < 4.78 is 18.3. The molecule has 0 aliphatic heterocycles. The van der Waals surface area contributed by atoms with Crippen molar-refractivity contribution in [3.8, 4) is 22.5 Å². The second-order valence-electron chi connectivity index (χ2n) is 7.88. The Bertz CT molecular complexity index is 1620. The summed E-state index contributed by atoms with van der Waals surface area (Å²) in [4.78, 5) is 24.9. The number of aromatic amines is 1. The number of pyridine rings is 2. The molecule has 1 N–H and O–H groups in total. The minimum Gasteiger partial charge on any atom is -0.336 e. The van der Waals surface area contributed by atoms with Crippen molar-refractivity contribution in [2.24, 2.45) is 7.05 Å². The summed E-state index contributed by atoms with van der Waals surface area (Å²) in [5.74, 6) is 0.231. The molecule has 4 aromatic heterocycles. The van der Waals surface area contributed by atoms with Gasteiger partial charge in [-0.25, -0.2) is 14.4 Å². The number of fused-ring (bicyclic) bond motifs is 1. The van der Waals surface area contributed by atoms with Crippen LogP contribution in [-0.4, -0.2) is 29.3 Å². The second-order valence-corrected chi connectivity index (χ2v) is 7.88. The number of benzene rings is 1. The summed E-state index contributed by atoms with van der Waals surface area (Å²) >= 11 is 0. The maximum Gasteiger partial charge on any atom is 0.258 e. The van der Waals surface area contributed by atoms with Crippen LogP contribution in [0.5, 0.6) is 0 Å². The van der Waals surface area contributed by atoms with Crippen LogP contribution < -0.4 is 5.56 Å². The van der Waals surface area contributed by atoms with Gasteiger partial charge in [-0.3, -0.25) is 9.48 Å². The third-order valence-corrected chi connectivity index (χ3v) is 5.74. The molecule has 0 spiro atoms. The first kappa shape index (κ1) is 21.3. The lowest BCUT2D eigenvalue weighted by atomic mass is 10.0. The van der Waals surface area contributed by atoms with E-state index in [2.05, 4.69) is 33.2 Å². The van der Waals surface area contributed by atoms with Crippen LogP contribution in [0.4, 0.5) is 4.39 Å². The summed E-state index contributed by atoms with van der Waals surface area (Å²) in [6, 6.07) is 8.57. The van der Waals surface area contributed by atoms with Crippen molar-refractivity contribution in [2.75, 3.05) is 0 Å². The maximum atomic E-state index is 15.1. The van der Waals surface area contributed by atoms with Gasteiger partial charge in [-0.2, -0.15) is 5.10 Å². The minimum absolute atomic E-state index is 0.101. The first-order chi connectivity index (χ1) is 16.5. The normalized spacial score (nSPS) is 11.1. The number of halogens is 1. The van der Waals surface area contributed by atoms with E-state index in [-0.39, 0.29) is 12.1 Å². The van der Waals surface area contributed by atoms with E-state index < -0.39 is 5.82 Å². The van der Waals surface area contributed by atoms with Crippen LogP contribution in [0.2, 0.25) is 0 Å². The molecular formula is C26H21FN6O. The molecular weight excluding hydrogens is 431 g/mol. The monoisotopic (exact) mass is 452 g/mol. The lowest BCUT2D eigenvalue weighted by Crippen LogP contribution is -2.23. The van der Waals surface area contributed by atoms with Gasteiger partial charge < -0.3 is 9.55 Å².